The third kappa shape index (κ3) is 2.40. The van der Waals surface area contributed by atoms with Gasteiger partial charge in [-0.15, -0.1) is 0 Å². The predicted octanol–water partition coefficient (Wildman–Crippen LogP) is 1.68. The molecule has 0 bridgehead atoms. The van der Waals surface area contributed by atoms with Crippen molar-refractivity contribution in [3.8, 4) is 0 Å². The summed E-state index contributed by atoms with van der Waals surface area (Å²) < 4.78 is 0. The maximum atomic E-state index is 10.3. The number of carboxylic acid groups (broad SMARTS) is 1. The summed E-state index contributed by atoms with van der Waals surface area (Å²) in [6, 6.07) is 8.34. The zero-order valence-corrected chi connectivity index (χ0v) is 8.36. The molecule has 1 aliphatic heterocycles. The van der Waals surface area contributed by atoms with E-state index < -0.39 is 6.09 Å². The summed E-state index contributed by atoms with van der Waals surface area (Å²) >= 11 is 0. The molecule has 1 unspecified atom stereocenters. The second-order valence-electron chi connectivity index (χ2n) is 3.72. The summed E-state index contributed by atoms with van der Waals surface area (Å²) in [4.78, 5) is 10.3. The van der Waals surface area contributed by atoms with Crippen molar-refractivity contribution in [3.05, 3.63) is 29.8 Å². The molecule has 80 valence electrons. The number of carbonyl (C=O) groups is 1. The Kier molecular flexibility index (Phi) is 2.76. The van der Waals surface area contributed by atoms with Crippen molar-refractivity contribution in [1.29, 1.82) is 0 Å². The first-order valence-corrected chi connectivity index (χ1v) is 5.07. The number of nitrogens with one attached hydrogen (secondary N) is 2. The van der Waals surface area contributed by atoms with Crippen LogP contribution in [0.3, 0.4) is 0 Å². The highest BCUT2D eigenvalue weighted by Gasteiger charge is 2.17. The van der Waals surface area contributed by atoms with Crippen LogP contribution in [0.2, 0.25) is 0 Å². The predicted molar refractivity (Wildman–Crippen MR) is 58.2 cm³/mol. The highest BCUT2D eigenvalue weighted by Crippen LogP contribution is 2.23. The van der Waals surface area contributed by atoms with E-state index in [2.05, 4.69) is 16.7 Å². The van der Waals surface area contributed by atoms with Crippen molar-refractivity contribution < 1.29 is 9.90 Å². The minimum absolute atomic E-state index is 0.205. The normalized spacial score (nSPS) is 18.8. The Morgan fingerprint density at radius 2 is 2.33 bits per heavy atom. The molecular weight excluding hydrogens is 192 g/mol. The molecule has 1 heterocycles. The zero-order valence-electron chi connectivity index (χ0n) is 8.36. The number of para-hydroxylation sites is 1. The molecule has 4 heteroatoms. The van der Waals surface area contributed by atoms with Crippen LogP contribution in [0.4, 0.5) is 10.5 Å². The summed E-state index contributed by atoms with van der Waals surface area (Å²) in [5, 5.41) is 14.2. The van der Waals surface area contributed by atoms with Gasteiger partial charge in [0.1, 0.15) is 0 Å². The van der Waals surface area contributed by atoms with E-state index in [1.165, 1.54) is 5.56 Å². The van der Waals surface area contributed by atoms with Gasteiger partial charge in [-0.2, -0.15) is 0 Å². The first-order chi connectivity index (χ1) is 7.25. The van der Waals surface area contributed by atoms with Crippen molar-refractivity contribution in [1.82, 2.24) is 5.32 Å². The van der Waals surface area contributed by atoms with Crippen molar-refractivity contribution >= 4 is 11.8 Å². The van der Waals surface area contributed by atoms with Crippen LogP contribution in [0.25, 0.3) is 0 Å². The Balaban J connectivity index is 1.96. The fourth-order valence-corrected chi connectivity index (χ4v) is 1.86. The fraction of sp³-hybridized carbons (Fsp3) is 0.364. The SMILES string of the molecule is O=C(O)NCC1CCc2ccccc2N1. The second-order valence-corrected chi connectivity index (χ2v) is 3.72. The molecule has 4 nitrogen and oxygen atoms in total. The molecule has 1 aromatic rings. The molecule has 3 N–H and O–H groups in total. The summed E-state index contributed by atoms with van der Waals surface area (Å²) in [7, 11) is 0. The van der Waals surface area contributed by atoms with E-state index in [0.29, 0.717) is 6.54 Å². The van der Waals surface area contributed by atoms with Gasteiger partial charge >= 0.3 is 6.09 Å². The van der Waals surface area contributed by atoms with Crippen LogP contribution >= 0.6 is 0 Å². The highest BCUT2D eigenvalue weighted by atomic mass is 16.4. The van der Waals surface area contributed by atoms with E-state index in [9.17, 15) is 4.79 Å². The number of fused-ring (bicyclic) bond motifs is 1. The molecule has 0 aromatic heterocycles. The molecule has 1 amide bonds. The van der Waals surface area contributed by atoms with Crippen LogP contribution in [0.1, 0.15) is 12.0 Å². The molecule has 1 atom stereocenters. The van der Waals surface area contributed by atoms with Crippen molar-refractivity contribution in [2.75, 3.05) is 11.9 Å². The minimum Gasteiger partial charge on any atom is -0.465 e. The number of hydrogen-bond donors (Lipinski definition) is 3. The van der Waals surface area contributed by atoms with E-state index >= 15 is 0 Å². The first kappa shape index (κ1) is 9.83. The quantitative estimate of drug-likeness (QED) is 0.690. The lowest BCUT2D eigenvalue weighted by atomic mass is 9.98. The summed E-state index contributed by atoms with van der Waals surface area (Å²) in [5.41, 5.74) is 2.44. The van der Waals surface area contributed by atoms with E-state index in [4.69, 9.17) is 5.11 Å². The Hall–Kier alpha value is -1.71. The molecule has 1 aliphatic rings. The first-order valence-electron chi connectivity index (χ1n) is 5.07. The average molecular weight is 206 g/mol. The van der Waals surface area contributed by atoms with E-state index in [1.807, 2.05) is 18.2 Å². The molecule has 2 rings (SSSR count). The van der Waals surface area contributed by atoms with Gasteiger partial charge in [0, 0.05) is 18.3 Å². The summed E-state index contributed by atoms with van der Waals surface area (Å²) in [5.74, 6) is 0. The van der Waals surface area contributed by atoms with Crippen LogP contribution in [0.15, 0.2) is 24.3 Å². The van der Waals surface area contributed by atoms with Crippen molar-refractivity contribution in [2.45, 2.75) is 18.9 Å². The van der Waals surface area contributed by atoms with Crippen LogP contribution < -0.4 is 10.6 Å². The lowest BCUT2D eigenvalue weighted by Gasteiger charge is -2.26. The van der Waals surface area contributed by atoms with Gasteiger partial charge in [0.15, 0.2) is 0 Å². The van der Waals surface area contributed by atoms with Crippen LogP contribution in [0, 0.1) is 0 Å². The lowest BCUT2D eigenvalue weighted by Crippen LogP contribution is -2.37. The maximum Gasteiger partial charge on any atom is 0.404 e. The molecule has 1 aromatic carbocycles. The number of hydrogen-bond acceptors (Lipinski definition) is 2. The molecule has 0 saturated heterocycles. The number of rotatable bonds is 2. The number of amides is 1. The Labute approximate surface area is 88.3 Å². The number of benzene rings is 1. The van der Waals surface area contributed by atoms with Crippen molar-refractivity contribution in [3.63, 3.8) is 0 Å². The van der Waals surface area contributed by atoms with Gasteiger partial charge in [0.25, 0.3) is 0 Å². The largest absolute Gasteiger partial charge is 0.465 e. The van der Waals surface area contributed by atoms with Gasteiger partial charge in [-0.3, -0.25) is 0 Å². The second kappa shape index (κ2) is 4.21. The third-order valence-corrected chi connectivity index (χ3v) is 2.64. The van der Waals surface area contributed by atoms with E-state index in [-0.39, 0.29) is 6.04 Å². The van der Waals surface area contributed by atoms with E-state index in [0.717, 1.165) is 18.5 Å². The molecule has 0 aliphatic carbocycles. The van der Waals surface area contributed by atoms with Gasteiger partial charge in [0.2, 0.25) is 0 Å². The molecule has 0 radical (unpaired) electrons. The smallest absolute Gasteiger partial charge is 0.404 e. The third-order valence-electron chi connectivity index (χ3n) is 2.64. The number of anilines is 1. The van der Waals surface area contributed by atoms with Crippen LogP contribution in [-0.2, 0) is 6.42 Å². The van der Waals surface area contributed by atoms with Gasteiger partial charge in [-0.05, 0) is 24.5 Å². The van der Waals surface area contributed by atoms with E-state index in [1.54, 1.807) is 0 Å². The molecule has 0 spiro atoms. The molecule has 15 heavy (non-hydrogen) atoms. The minimum atomic E-state index is -0.962. The van der Waals surface area contributed by atoms with Gasteiger partial charge in [0.05, 0.1) is 0 Å². The summed E-state index contributed by atoms with van der Waals surface area (Å²) in [6.07, 6.45) is 1.02. The maximum absolute atomic E-state index is 10.3. The topological polar surface area (TPSA) is 61.4 Å². The Morgan fingerprint density at radius 1 is 1.53 bits per heavy atom. The molecular formula is C11H14N2O2. The standard InChI is InChI=1S/C11H14N2O2/c14-11(15)12-7-9-6-5-8-3-1-2-4-10(8)13-9/h1-4,9,12-13H,5-7H2,(H,14,15). The van der Waals surface area contributed by atoms with Crippen molar-refractivity contribution in [2.24, 2.45) is 0 Å². The highest BCUT2D eigenvalue weighted by molar-refractivity contribution is 5.64. The molecule has 0 fully saturated rings. The van der Waals surface area contributed by atoms with Crippen LogP contribution in [0.5, 0.6) is 0 Å². The van der Waals surface area contributed by atoms with Gasteiger partial charge < -0.3 is 15.7 Å². The average Bonchev–Trinajstić information content (AvgIpc) is 2.26. The van der Waals surface area contributed by atoms with Crippen LogP contribution in [-0.4, -0.2) is 23.8 Å². The zero-order chi connectivity index (χ0) is 10.7. The molecule has 0 saturated carbocycles. The van der Waals surface area contributed by atoms with Gasteiger partial charge in [-0.1, -0.05) is 18.2 Å². The Morgan fingerprint density at radius 3 is 3.13 bits per heavy atom. The monoisotopic (exact) mass is 206 g/mol. The fourth-order valence-electron chi connectivity index (χ4n) is 1.86. The summed E-state index contributed by atoms with van der Waals surface area (Å²) in [6.45, 7) is 0.462. The number of aryl methyl sites for hydroxylation is 1. The lowest BCUT2D eigenvalue weighted by molar-refractivity contribution is 0.194. The Bertz CT molecular complexity index is 365. The van der Waals surface area contributed by atoms with Gasteiger partial charge in [-0.25, -0.2) is 4.79 Å².